The van der Waals surface area contributed by atoms with Crippen LogP contribution in [0.15, 0.2) is 0 Å². The number of carbonyl (C=O) groups excluding carboxylic acids is 2. The number of rotatable bonds is 4. The number of carbonyl (C=O) groups is 2. The zero-order valence-electron chi connectivity index (χ0n) is 8.81. The Morgan fingerprint density at radius 2 is 1.57 bits per heavy atom. The van der Waals surface area contributed by atoms with Crippen LogP contribution in [0, 0.1) is 0 Å². The highest BCUT2D eigenvalue weighted by Crippen LogP contribution is 1.75. The van der Waals surface area contributed by atoms with Crippen molar-refractivity contribution in [3.05, 3.63) is 0 Å². The molecule has 6 nitrogen and oxygen atoms in total. The third-order valence-electron chi connectivity index (χ3n) is 1.34. The number of urea groups is 2. The van der Waals surface area contributed by atoms with Crippen LogP contribution in [-0.4, -0.2) is 38.2 Å². The molecule has 0 bridgehead atoms. The van der Waals surface area contributed by atoms with Gasteiger partial charge in [0.15, 0.2) is 0 Å². The van der Waals surface area contributed by atoms with E-state index in [2.05, 4.69) is 21.3 Å². The molecule has 0 atom stereocenters. The normalized spacial score (nSPS) is 9.43. The van der Waals surface area contributed by atoms with Crippen LogP contribution in [0.4, 0.5) is 9.59 Å². The van der Waals surface area contributed by atoms with Gasteiger partial charge < -0.3 is 21.3 Å². The molecule has 0 unspecified atom stereocenters. The molecule has 0 fully saturated rings. The largest absolute Gasteiger partial charge is 0.341 e. The van der Waals surface area contributed by atoms with E-state index in [1.165, 1.54) is 7.05 Å². The number of amides is 4. The predicted octanol–water partition coefficient (Wildman–Crippen LogP) is -0.377. The van der Waals surface area contributed by atoms with Gasteiger partial charge in [0.25, 0.3) is 0 Å². The highest BCUT2D eigenvalue weighted by Gasteiger charge is 2.01. The maximum atomic E-state index is 11.0. The van der Waals surface area contributed by atoms with E-state index in [1.807, 2.05) is 13.8 Å². The van der Waals surface area contributed by atoms with Crippen molar-refractivity contribution < 1.29 is 9.59 Å². The van der Waals surface area contributed by atoms with Gasteiger partial charge in [-0.1, -0.05) is 0 Å². The topological polar surface area (TPSA) is 82.3 Å². The van der Waals surface area contributed by atoms with E-state index in [4.69, 9.17) is 0 Å². The van der Waals surface area contributed by atoms with E-state index in [0.717, 1.165) is 0 Å². The smallest absolute Gasteiger partial charge is 0.315 e. The summed E-state index contributed by atoms with van der Waals surface area (Å²) in [5, 5.41) is 10.2. The lowest BCUT2D eigenvalue weighted by molar-refractivity contribution is 0.236. The van der Waals surface area contributed by atoms with Crippen LogP contribution in [0.3, 0.4) is 0 Å². The Balaban J connectivity index is 3.36. The van der Waals surface area contributed by atoms with E-state index in [-0.39, 0.29) is 18.1 Å². The predicted molar refractivity (Wildman–Crippen MR) is 54.1 cm³/mol. The van der Waals surface area contributed by atoms with Crippen molar-refractivity contribution in [2.45, 2.75) is 19.9 Å². The fourth-order valence-electron chi connectivity index (χ4n) is 0.754. The van der Waals surface area contributed by atoms with Crippen LogP contribution in [0.5, 0.6) is 0 Å². The molecule has 0 spiro atoms. The summed E-state index contributed by atoms with van der Waals surface area (Å²) in [5.41, 5.74) is 0. The molecule has 0 saturated carbocycles. The lowest BCUT2D eigenvalue weighted by atomic mass is 10.4. The average Bonchev–Trinajstić information content (AvgIpc) is 2.10. The molecule has 0 aromatic rings. The first-order chi connectivity index (χ1) is 6.56. The first-order valence-electron chi connectivity index (χ1n) is 4.56. The van der Waals surface area contributed by atoms with Gasteiger partial charge in [-0.3, -0.25) is 0 Å². The van der Waals surface area contributed by atoms with Gasteiger partial charge in [0.2, 0.25) is 0 Å². The third-order valence-corrected chi connectivity index (χ3v) is 1.34. The van der Waals surface area contributed by atoms with Gasteiger partial charge in [-0.05, 0) is 13.8 Å². The van der Waals surface area contributed by atoms with Crippen molar-refractivity contribution in [2.24, 2.45) is 0 Å². The molecule has 0 aliphatic heterocycles. The number of hydrogen-bond acceptors (Lipinski definition) is 2. The quantitative estimate of drug-likeness (QED) is 0.469. The van der Waals surface area contributed by atoms with Gasteiger partial charge in [0.05, 0.1) is 0 Å². The second kappa shape index (κ2) is 6.99. The van der Waals surface area contributed by atoms with Gasteiger partial charge >= 0.3 is 12.1 Å². The van der Waals surface area contributed by atoms with Crippen molar-refractivity contribution >= 4 is 12.1 Å². The van der Waals surface area contributed by atoms with Crippen molar-refractivity contribution in [1.82, 2.24) is 21.3 Å². The van der Waals surface area contributed by atoms with E-state index < -0.39 is 0 Å². The molecule has 0 rings (SSSR count). The van der Waals surface area contributed by atoms with Gasteiger partial charge in [-0.2, -0.15) is 0 Å². The van der Waals surface area contributed by atoms with Gasteiger partial charge in [-0.15, -0.1) is 0 Å². The molecule has 0 saturated heterocycles. The summed E-state index contributed by atoms with van der Waals surface area (Å²) < 4.78 is 0. The Morgan fingerprint density at radius 3 is 2.00 bits per heavy atom. The van der Waals surface area contributed by atoms with Crippen molar-refractivity contribution in [1.29, 1.82) is 0 Å². The van der Waals surface area contributed by atoms with E-state index in [1.54, 1.807) is 0 Å². The lowest BCUT2D eigenvalue weighted by Gasteiger charge is -2.10. The molecule has 4 amide bonds. The molecule has 0 radical (unpaired) electrons. The summed E-state index contributed by atoms with van der Waals surface area (Å²) in [4.78, 5) is 21.7. The second-order valence-electron chi connectivity index (χ2n) is 3.06. The van der Waals surface area contributed by atoms with Crippen LogP contribution in [0.2, 0.25) is 0 Å². The van der Waals surface area contributed by atoms with Crippen LogP contribution in [0.1, 0.15) is 13.8 Å². The van der Waals surface area contributed by atoms with Gasteiger partial charge in [-0.25, -0.2) is 9.59 Å². The maximum absolute atomic E-state index is 11.0. The van der Waals surface area contributed by atoms with Gasteiger partial charge in [0.1, 0.15) is 0 Å². The Hall–Kier alpha value is -1.46. The lowest BCUT2D eigenvalue weighted by Crippen LogP contribution is -2.43. The summed E-state index contributed by atoms with van der Waals surface area (Å²) in [6, 6.07) is -0.364. The summed E-state index contributed by atoms with van der Waals surface area (Å²) in [5.74, 6) is 0. The summed E-state index contributed by atoms with van der Waals surface area (Å²) in [6.45, 7) is 4.57. The summed E-state index contributed by atoms with van der Waals surface area (Å²) >= 11 is 0. The zero-order valence-corrected chi connectivity index (χ0v) is 8.81. The molecule has 0 heterocycles. The van der Waals surface area contributed by atoms with Crippen molar-refractivity contribution in [2.75, 3.05) is 20.1 Å². The minimum Gasteiger partial charge on any atom is -0.341 e. The SMILES string of the molecule is CNC(=O)NCCNC(=O)NC(C)C. The molecular formula is C8H18N4O2. The Labute approximate surface area is 83.8 Å². The van der Waals surface area contributed by atoms with Crippen molar-refractivity contribution in [3.63, 3.8) is 0 Å². The summed E-state index contributed by atoms with van der Waals surface area (Å²) in [7, 11) is 1.54. The Bertz CT molecular complexity index is 194. The third kappa shape index (κ3) is 7.20. The van der Waals surface area contributed by atoms with Crippen LogP contribution in [0.25, 0.3) is 0 Å². The average molecular weight is 202 g/mol. The molecule has 0 aliphatic rings. The van der Waals surface area contributed by atoms with Crippen LogP contribution < -0.4 is 21.3 Å². The molecule has 0 aromatic heterocycles. The highest BCUT2D eigenvalue weighted by molar-refractivity contribution is 5.75. The van der Waals surface area contributed by atoms with Gasteiger partial charge in [0, 0.05) is 26.2 Å². The minimum absolute atomic E-state index is 0.113. The molecular weight excluding hydrogens is 184 g/mol. The van der Waals surface area contributed by atoms with Crippen LogP contribution in [-0.2, 0) is 0 Å². The monoisotopic (exact) mass is 202 g/mol. The molecule has 4 N–H and O–H groups in total. The summed E-state index contributed by atoms with van der Waals surface area (Å²) in [6.07, 6.45) is 0. The number of hydrogen-bond donors (Lipinski definition) is 4. The minimum atomic E-state index is -0.254. The standard InChI is InChI=1S/C8H18N4O2/c1-6(2)12-8(14)11-5-4-10-7(13)9-3/h6H,4-5H2,1-3H3,(H2,9,10,13)(H2,11,12,14). The molecule has 14 heavy (non-hydrogen) atoms. The first-order valence-corrected chi connectivity index (χ1v) is 4.56. The number of nitrogens with one attached hydrogen (secondary N) is 4. The molecule has 0 aliphatic carbocycles. The van der Waals surface area contributed by atoms with Crippen molar-refractivity contribution in [3.8, 4) is 0 Å². The fraction of sp³-hybridized carbons (Fsp3) is 0.750. The second-order valence-corrected chi connectivity index (χ2v) is 3.06. The van der Waals surface area contributed by atoms with E-state index >= 15 is 0 Å². The van der Waals surface area contributed by atoms with Crippen LogP contribution >= 0.6 is 0 Å². The zero-order chi connectivity index (χ0) is 11.0. The maximum Gasteiger partial charge on any atom is 0.315 e. The fourth-order valence-corrected chi connectivity index (χ4v) is 0.754. The Morgan fingerprint density at radius 1 is 1.07 bits per heavy atom. The Kier molecular flexibility index (Phi) is 6.26. The first kappa shape index (κ1) is 12.5. The van der Waals surface area contributed by atoms with E-state index in [0.29, 0.717) is 13.1 Å². The molecule has 0 aromatic carbocycles. The van der Waals surface area contributed by atoms with E-state index in [9.17, 15) is 9.59 Å². The molecule has 82 valence electrons. The molecule has 6 heteroatoms. The highest BCUT2D eigenvalue weighted by atomic mass is 16.2.